The van der Waals surface area contributed by atoms with Crippen LogP contribution in [-0.4, -0.2) is 42.3 Å². The number of amides is 1. The van der Waals surface area contributed by atoms with Crippen LogP contribution in [0.4, 0.5) is 0 Å². The molecule has 0 heterocycles. The molecule has 1 amide bonds. The van der Waals surface area contributed by atoms with E-state index >= 15 is 0 Å². The molecular weight excluding hydrogens is 212 g/mol. The largest absolute Gasteiger partial charge is 0.479 e. The van der Waals surface area contributed by atoms with Gasteiger partial charge in [-0.05, 0) is 20.3 Å². The molecule has 0 spiro atoms. The molecule has 0 radical (unpaired) electrons. The zero-order valence-corrected chi connectivity index (χ0v) is 9.95. The summed E-state index contributed by atoms with van der Waals surface area (Å²) in [6.45, 7) is 3.63. The SMILES string of the molecule is COC(CNC(=O)CCC(C)(C)N)C(=O)O. The Morgan fingerprint density at radius 2 is 2.06 bits per heavy atom. The maximum Gasteiger partial charge on any atom is 0.334 e. The smallest absolute Gasteiger partial charge is 0.334 e. The van der Waals surface area contributed by atoms with Gasteiger partial charge in [0.25, 0.3) is 0 Å². The summed E-state index contributed by atoms with van der Waals surface area (Å²) in [5.41, 5.74) is 5.32. The number of aliphatic carboxylic acids is 1. The van der Waals surface area contributed by atoms with Crippen LogP contribution in [0.2, 0.25) is 0 Å². The van der Waals surface area contributed by atoms with Crippen LogP contribution in [0.3, 0.4) is 0 Å². The zero-order valence-electron chi connectivity index (χ0n) is 9.95. The van der Waals surface area contributed by atoms with Gasteiger partial charge in [-0.25, -0.2) is 4.79 Å². The number of methoxy groups -OCH3 is 1. The molecule has 16 heavy (non-hydrogen) atoms. The molecule has 0 rings (SSSR count). The summed E-state index contributed by atoms with van der Waals surface area (Å²) in [5, 5.41) is 11.1. The fraction of sp³-hybridized carbons (Fsp3) is 0.800. The monoisotopic (exact) mass is 232 g/mol. The molecule has 0 aromatic carbocycles. The van der Waals surface area contributed by atoms with E-state index in [0.717, 1.165) is 0 Å². The lowest BCUT2D eigenvalue weighted by molar-refractivity contribution is -0.148. The lowest BCUT2D eigenvalue weighted by atomic mass is 10.00. The molecule has 1 unspecified atom stereocenters. The molecule has 94 valence electrons. The first-order valence-electron chi connectivity index (χ1n) is 5.07. The van der Waals surface area contributed by atoms with Gasteiger partial charge in [0.1, 0.15) is 0 Å². The Balaban J connectivity index is 3.85. The highest BCUT2D eigenvalue weighted by Crippen LogP contribution is 2.06. The Hall–Kier alpha value is -1.14. The zero-order chi connectivity index (χ0) is 12.8. The predicted molar refractivity (Wildman–Crippen MR) is 58.9 cm³/mol. The van der Waals surface area contributed by atoms with Crippen molar-refractivity contribution in [2.45, 2.75) is 38.3 Å². The number of carbonyl (C=O) groups excluding carboxylic acids is 1. The maximum atomic E-state index is 11.3. The Morgan fingerprint density at radius 3 is 2.44 bits per heavy atom. The van der Waals surface area contributed by atoms with Gasteiger partial charge in [0.2, 0.25) is 5.91 Å². The first-order valence-corrected chi connectivity index (χ1v) is 5.07. The number of carboxylic acid groups (broad SMARTS) is 1. The Labute approximate surface area is 95.1 Å². The normalized spacial score (nSPS) is 13.2. The van der Waals surface area contributed by atoms with Crippen LogP contribution in [0.15, 0.2) is 0 Å². The first kappa shape index (κ1) is 14.9. The highest BCUT2D eigenvalue weighted by Gasteiger charge is 2.18. The number of carboxylic acids is 1. The van der Waals surface area contributed by atoms with Gasteiger partial charge in [-0.2, -0.15) is 0 Å². The molecule has 0 saturated heterocycles. The van der Waals surface area contributed by atoms with Crippen LogP contribution < -0.4 is 11.1 Å². The van der Waals surface area contributed by atoms with Gasteiger partial charge in [0, 0.05) is 19.1 Å². The van der Waals surface area contributed by atoms with Gasteiger partial charge in [-0.15, -0.1) is 0 Å². The number of ether oxygens (including phenoxy) is 1. The third-order valence-electron chi connectivity index (χ3n) is 2.04. The van der Waals surface area contributed by atoms with Gasteiger partial charge in [0.05, 0.1) is 6.54 Å². The Bertz CT molecular complexity index is 248. The molecule has 0 aromatic heterocycles. The third kappa shape index (κ3) is 7.19. The minimum atomic E-state index is -1.10. The fourth-order valence-electron chi connectivity index (χ4n) is 1.00. The topological polar surface area (TPSA) is 102 Å². The van der Waals surface area contributed by atoms with E-state index in [1.54, 1.807) is 0 Å². The van der Waals surface area contributed by atoms with Crippen LogP contribution in [0, 0.1) is 0 Å². The second-order valence-corrected chi connectivity index (χ2v) is 4.36. The third-order valence-corrected chi connectivity index (χ3v) is 2.04. The average molecular weight is 232 g/mol. The van der Waals surface area contributed by atoms with Crippen molar-refractivity contribution in [2.24, 2.45) is 5.73 Å². The van der Waals surface area contributed by atoms with E-state index in [1.807, 2.05) is 13.8 Å². The number of nitrogens with one attached hydrogen (secondary N) is 1. The van der Waals surface area contributed by atoms with E-state index in [9.17, 15) is 9.59 Å². The summed E-state index contributed by atoms with van der Waals surface area (Å²) in [6.07, 6.45) is -0.182. The molecular formula is C10H20N2O4. The first-order chi connectivity index (χ1) is 7.26. The van der Waals surface area contributed by atoms with E-state index in [1.165, 1.54) is 7.11 Å². The second-order valence-electron chi connectivity index (χ2n) is 4.36. The van der Waals surface area contributed by atoms with E-state index in [-0.39, 0.29) is 18.9 Å². The van der Waals surface area contributed by atoms with E-state index in [2.05, 4.69) is 10.1 Å². The lowest BCUT2D eigenvalue weighted by Crippen LogP contribution is -2.39. The summed E-state index contributed by atoms with van der Waals surface area (Å²) in [4.78, 5) is 21.9. The summed E-state index contributed by atoms with van der Waals surface area (Å²) < 4.78 is 4.67. The molecule has 0 aliphatic carbocycles. The highest BCUT2D eigenvalue weighted by molar-refractivity contribution is 5.78. The van der Waals surface area contributed by atoms with Gasteiger partial charge in [0.15, 0.2) is 6.10 Å². The Kier molecular flexibility index (Phi) is 5.98. The van der Waals surface area contributed by atoms with Crippen LogP contribution >= 0.6 is 0 Å². The van der Waals surface area contributed by atoms with Gasteiger partial charge >= 0.3 is 5.97 Å². The molecule has 0 fully saturated rings. The van der Waals surface area contributed by atoms with Crippen LogP contribution in [0.25, 0.3) is 0 Å². The lowest BCUT2D eigenvalue weighted by Gasteiger charge is -2.18. The van der Waals surface area contributed by atoms with Crippen molar-refractivity contribution in [1.82, 2.24) is 5.32 Å². The number of nitrogens with two attached hydrogens (primary N) is 1. The molecule has 6 nitrogen and oxygen atoms in total. The van der Waals surface area contributed by atoms with Gasteiger partial charge in [-0.1, -0.05) is 0 Å². The van der Waals surface area contributed by atoms with Crippen molar-refractivity contribution in [3.05, 3.63) is 0 Å². The van der Waals surface area contributed by atoms with Crippen molar-refractivity contribution in [1.29, 1.82) is 0 Å². The van der Waals surface area contributed by atoms with Crippen LogP contribution in [0.1, 0.15) is 26.7 Å². The van der Waals surface area contributed by atoms with Crippen molar-refractivity contribution < 1.29 is 19.4 Å². The predicted octanol–water partition coefficient (Wildman–Crippen LogP) is -0.280. The van der Waals surface area contributed by atoms with Crippen LogP contribution in [0.5, 0.6) is 0 Å². The number of carbonyl (C=O) groups is 2. The van der Waals surface area contributed by atoms with Crippen molar-refractivity contribution in [3.63, 3.8) is 0 Å². The van der Waals surface area contributed by atoms with E-state index in [0.29, 0.717) is 6.42 Å². The maximum absolute atomic E-state index is 11.3. The van der Waals surface area contributed by atoms with Gasteiger partial charge in [-0.3, -0.25) is 4.79 Å². The summed E-state index contributed by atoms with van der Waals surface area (Å²) >= 11 is 0. The summed E-state index contributed by atoms with van der Waals surface area (Å²) in [6, 6.07) is 0. The molecule has 0 aromatic rings. The Morgan fingerprint density at radius 1 is 1.50 bits per heavy atom. The quantitative estimate of drug-likeness (QED) is 0.560. The number of hydrogen-bond acceptors (Lipinski definition) is 4. The molecule has 6 heteroatoms. The molecule has 0 saturated carbocycles. The fourth-order valence-corrected chi connectivity index (χ4v) is 1.00. The number of rotatable bonds is 7. The minimum Gasteiger partial charge on any atom is -0.479 e. The second kappa shape index (κ2) is 6.44. The molecule has 0 aliphatic rings. The molecule has 0 bridgehead atoms. The minimum absolute atomic E-state index is 0.0321. The van der Waals surface area contributed by atoms with E-state index in [4.69, 9.17) is 10.8 Å². The molecule has 0 aliphatic heterocycles. The molecule has 1 atom stereocenters. The summed E-state index contributed by atoms with van der Waals surface area (Å²) in [7, 11) is 1.29. The van der Waals surface area contributed by atoms with Gasteiger partial charge < -0.3 is 20.9 Å². The average Bonchev–Trinajstić information content (AvgIpc) is 2.14. The number of hydrogen-bond donors (Lipinski definition) is 3. The van der Waals surface area contributed by atoms with Crippen LogP contribution in [-0.2, 0) is 14.3 Å². The van der Waals surface area contributed by atoms with E-state index < -0.39 is 17.6 Å². The van der Waals surface area contributed by atoms with Crippen molar-refractivity contribution in [3.8, 4) is 0 Å². The molecule has 4 N–H and O–H groups in total. The van der Waals surface area contributed by atoms with Crippen molar-refractivity contribution >= 4 is 11.9 Å². The highest BCUT2D eigenvalue weighted by atomic mass is 16.5. The standard InChI is InChI=1S/C10H20N2O4/c1-10(2,11)5-4-8(13)12-6-7(16-3)9(14)15/h7H,4-6,11H2,1-3H3,(H,12,13)(H,14,15). The van der Waals surface area contributed by atoms with Crippen molar-refractivity contribution in [2.75, 3.05) is 13.7 Å². The summed E-state index contributed by atoms with van der Waals surface area (Å²) in [5.74, 6) is -1.32.